The Morgan fingerprint density at radius 1 is 1.37 bits per heavy atom. The summed E-state index contributed by atoms with van der Waals surface area (Å²) in [6, 6.07) is -0.530. The van der Waals surface area contributed by atoms with Crippen molar-refractivity contribution in [1.29, 1.82) is 0 Å². The molecule has 1 unspecified atom stereocenters. The number of aromatic nitrogens is 1. The highest BCUT2D eigenvalue weighted by Crippen LogP contribution is 2.26. The Labute approximate surface area is 115 Å². The molecule has 0 saturated heterocycles. The van der Waals surface area contributed by atoms with Crippen LogP contribution in [0.3, 0.4) is 0 Å². The molecular formula is C11H19N5O2S. The average Bonchev–Trinajstić information content (AvgIpc) is 2.57. The molecule has 0 bridgehead atoms. The highest BCUT2D eigenvalue weighted by atomic mass is 32.1. The zero-order valence-electron chi connectivity index (χ0n) is 11.4. The summed E-state index contributed by atoms with van der Waals surface area (Å²) in [7, 11) is 0. The van der Waals surface area contributed by atoms with E-state index in [4.69, 9.17) is 11.5 Å². The molecule has 19 heavy (non-hydrogen) atoms. The molecule has 0 saturated carbocycles. The van der Waals surface area contributed by atoms with Crippen molar-refractivity contribution in [3.63, 3.8) is 0 Å². The number of hydrogen-bond donors (Lipinski definition) is 4. The van der Waals surface area contributed by atoms with Crippen LogP contribution < -0.4 is 22.1 Å². The standard InChI is InChI=1S/C11H19N5O2S/c1-5(9(18)15-11(2,3)4)14-10-6(8(13)17)7(12)16-19-10/h5,14H,1-4H3,(H2,12,16)(H2,13,17)(H,15,18). The normalized spacial score (nSPS) is 12.8. The van der Waals surface area contributed by atoms with E-state index >= 15 is 0 Å². The third-order valence-corrected chi connectivity index (χ3v) is 3.00. The summed E-state index contributed by atoms with van der Waals surface area (Å²) < 4.78 is 3.85. The largest absolute Gasteiger partial charge is 0.382 e. The number of nitrogens with one attached hydrogen (secondary N) is 2. The van der Waals surface area contributed by atoms with Gasteiger partial charge >= 0.3 is 0 Å². The maximum Gasteiger partial charge on any atom is 0.255 e. The van der Waals surface area contributed by atoms with Crippen LogP contribution in [0.4, 0.5) is 10.8 Å². The molecule has 0 radical (unpaired) electrons. The molecule has 0 aromatic carbocycles. The van der Waals surface area contributed by atoms with Gasteiger partial charge in [-0.25, -0.2) is 0 Å². The molecule has 1 rings (SSSR count). The van der Waals surface area contributed by atoms with Gasteiger partial charge < -0.3 is 22.1 Å². The van der Waals surface area contributed by atoms with Crippen LogP contribution in [0.5, 0.6) is 0 Å². The maximum atomic E-state index is 11.9. The topological polar surface area (TPSA) is 123 Å². The van der Waals surface area contributed by atoms with E-state index in [-0.39, 0.29) is 22.8 Å². The van der Waals surface area contributed by atoms with Gasteiger partial charge in [0.15, 0.2) is 5.82 Å². The van der Waals surface area contributed by atoms with Gasteiger partial charge in [0.25, 0.3) is 5.91 Å². The molecule has 1 heterocycles. The van der Waals surface area contributed by atoms with Gasteiger partial charge in [-0.15, -0.1) is 0 Å². The summed E-state index contributed by atoms with van der Waals surface area (Å²) in [4.78, 5) is 23.2. The van der Waals surface area contributed by atoms with E-state index in [1.54, 1.807) is 6.92 Å². The molecule has 1 aromatic rings. The van der Waals surface area contributed by atoms with Crippen molar-refractivity contribution in [1.82, 2.24) is 9.69 Å². The number of nitrogen functional groups attached to an aromatic ring is 1. The molecule has 7 nitrogen and oxygen atoms in total. The van der Waals surface area contributed by atoms with Crippen LogP contribution in [0, 0.1) is 0 Å². The van der Waals surface area contributed by atoms with Crippen molar-refractivity contribution < 1.29 is 9.59 Å². The number of carbonyl (C=O) groups is 2. The Hall–Kier alpha value is -1.83. The lowest BCUT2D eigenvalue weighted by molar-refractivity contribution is -0.122. The van der Waals surface area contributed by atoms with Crippen molar-refractivity contribution in [3.8, 4) is 0 Å². The minimum atomic E-state index is -0.669. The van der Waals surface area contributed by atoms with E-state index in [0.29, 0.717) is 5.00 Å². The van der Waals surface area contributed by atoms with E-state index in [1.165, 1.54) is 0 Å². The number of carbonyl (C=O) groups excluding carboxylic acids is 2. The van der Waals surface area contributed by atoms with Gasteiger partial charge in [-0.05, 0) is 39.2 Å². The molecule has 0 fully saturated rings. The quantitative estimate of drug-likeness (QED) is 0.643. The summed E-state index contributed by atoms with van der Waals surface area (Å²) in [5.41, 5.74) is 10.6. The number of nitrogens with zero attached hydrogens (tertiary/aromatic N) is 1. The summed E-state index contributed by atoms with van der Waals surface area (Å²) >= 11 is 1.00. The molecule has 1 aromatic heterocycles. The minimum absolute atomic E-state index is 0.0726. The van der Waals surface area contributed by atoms with Crippen molar-refractivity contribution in [2.45, 2.75) is 39.3 Å². The fraction of sp³-hybridized carbons (Fsp3) is 0.545. The number of primary amides is 1. The molecule has 1 atom stereocenters. The predicted octanol–water partition coefficient (Wildman–Crippen LogP) is 0.539. The van der Waals surface area contributed by atoms with E-state index in [9.17, 15) is 9.59 Å². The predicted molar refractivity (Wildman–Crippen MR) is 76.0 cm³/mol. The van der Waals surface area contributed by atoms with E-state index in [0.717, 1.165) is 11.5 Å². The van der Waals surface area contributed by atoms with Gasteiger partial charge in [0.1, 0.15) is 16.6 Å². The molecule has 0 aliphatic heterocycles. The van der Waals surface area contributed by atoms with Gasteiger partial charge in [0.2, 0.25) is 5.91 Å². The SMILES string of the molecule is CC(Nc1snc(N)c1C(N)=O)C(=O)NC(C)(C)C. The van der Waals surface area contributed by atoms with Crippen LogP contribution >= 0.6 is 11.5 Å². The molecule has 106 valence electrons. The van der Waals surface area contributed by atoms with E-state index < -0.39 is 11.9 Å². The Bertz CT molecular complexity index is 492. The van der Waals surface area contributed by atoms with Crippen molar-refractivity contribution in [3.05, 3.63) is 5.56 Å². The second kappa shape index (κ2) is 5.43. The van der Waals surface area contributed by atoms with E-state index in [1.807, 2.05) is 20.8 Å². The van der Waals surface area contributed by atoms with E-state index in [2.05, 4.69) is 15.0 Å². The Morgan fingerprint density at radius 3 is 2.42 bits per heavy atom. The van der Waals surface area contributed by atoms with Gasteiger partial charge in [-0.1, -0.05) is 0 Å². The lowest BCUT2D eigenvalue weighted by Gasteiger charge is -2.23. The lowest BCUT2D eigenvalue weighted by atomic mass is 10.1. The third-order valence-electron chi connectivity index (χ3n) is 2.20. The first-order valence-electron chi connectivity index (χ1n) is 5.75. The summed E-state index contributed by atoms with van der Waals surface area (Å²) in [6.45, 7) is 7.34. The summed E-state index contributed by atoms with van der Waals surface area (Å²) in [5, 5.41) is 6.13. The molecule has 0 spiro atoms. The van der Waals surface area contributed by atoms with Crippen molar-refractivity contribution >= 4 is 34.2 Å². The number of rotatable bonds is 4. The first-order chi connectivity index (χ1) is 8.61. The molecular weight excluding hydrogens is 266 g/mol. The zero-order chi connectivity index (χ0) is 14.8. The lowest BCUT2D eigenvalue weighted by Crippen LogP contribution is -2.47. The molecule has 2 amide bonds. The Kier molecular flexibility index (Phi) is 4.35. The van der Waals surface area contributed by atoms with Crippen LogP contribution in [-0.4, -0.2) is 27.8 Å². The van der Waals surface area contributed by atoms with Gasteiger partial charge in [-0.3, -0.25) is 9.59 Å². The maximum absolute atomic E-state index is 11.9. The monoisotopic (exact) mass is 285 g/mol. The molecule has 0 aliphatic carbocycles. The van der Waals surface area contributed by atoms with Gasteiger partial charge in [-0.2, -0.15) is 4.37 Å². The minimum Gasteiger partial charge on any atom is -0.382 e. The Morgan fingerprint density at radius 2 is 1.95 bits per heavy atom. The van der Waals surface area contributed by atoms with Crippen LogP contribution in [-0.2, 0) is 4.79 Å². The average molecular weight is 285 g/mol. The second-order valence-corrected chi connectivity index (χ2v) is 6.01. The zero-order valence-corrected chi connectivity index (χ0v) is 12.2. The van der Waals surface area contributed by atoms with Crippen LogP contribution in [0.2, 0.25) is 0 Å². The highest BCUT2D eigenvalue weighted by molar-refractivity contribution is 7.11. The fourth-order valence-electron chi connectivity index (χ4n) is 1.38. The summed E-state index contributed by atoms with van der Waals surface area (Å²) in [5.74, 6) is -0.782. The number of anilines is 2. The number of nitrogens with two attached hydrogens (primary N) is 2. The van der Waals surface area contributed by atoms with Crippen molar-refractivity contribution in [2.75, 3.05) is 11.1 Å². The van der Waals surface area contributed by atoms with Crippen LogP contribution in [0.25, 0.3) is 0 Å². The van der Waals surface area contributed by atoms with Crippen LogP contribution in [0.15, 0.2) is 0 Å². The van der Waals surface area contributed by atoms with Crippen molar-refractivity contribution in [2.24, 2.45) is 5.73 Å². The van der Waals surface area contributed by atoms with Gasteiger partial charge in [0, 0.05) is 5.54 Å². The fourth-order valence-corrected chi connectivity index (χ4v) is 2.19. The highest BCUT2D eigenvalue weighted by Gasteiger charge is 2.23. The molecule has 8 heteroatoms. The second-order valence-electron chi connectivity index (χ2n) is 5.24. The number of amides is 2. The molecule has 6 N–H and O–H groups in total. The third kappa shape index (κ3) is 4.09. The summed E-state index contributed by atoms with van der Waals surface area (Å²) in [6.07, 6.45) is 0. The first kappa shape index (κ1) is 15.2. The Balaban J connectivity index is 2.80. The number of hydrogen-bond acceptors (Lipinski definition) is 6. The van der Waals surface area contributed by atoms with Gasteiger partial charge in [0.05, 0.1) is 0 Å². The first-order valence-corrected chi connectivity index (χ1v) is 6.52. The molecule has 0 aliphatic rings. The van der Waals surface area contributed by atoms with Crippen LogP contribution in [0.1, 0.15) is 38.1 Å². The smallest absolute Gasteiger partial charge is 0.255 e.